The molecule has 0 spiro atoms. The lowest BCUT2D eigenvalue weighted by Gasteiger charge is -2.04. The maximum atomic E-state index is 12.7. The van der Waals surface area contributed by atoms with Crippen LogP contribution in [0.25, 0.3) is 0 Å². The van der Waals surface area contributed by atoms with E-state index in [4.69, 9.17) is 0 Å². The number of amides is 1. The minimum atomic E-state index is -1.61. The van der Waals surface area contributed by atoms with Crippen LogP contribution in [0.1, 0.15) is 17.3 Å². The van der Waals surface area contributed by atoms with Crippen LogP contribution in [0.5, 0.6) is 0 Å². The molecule has 0 aromatic heterocycles. The SMILES string of the molecule is CCONC(=O)c1cc(F)c(F)c(F)c1. The van der Waals surface area contributed by atoms with Gasteiger partial charge in [0.05, 0.1) is 6.61 Å². The van der Waals surface area contributed by atoms with Crippen molar-refractivity contribution in [3.8, 4) is 0 Å². The summed E-state index contributed by atoms with van der Waals surface area (Å²) in [5, 5.41) is 0. The van der Waals surface area contributed by atoms with Gasteiger partial charge in [-0.25, -0.2) is 18.7 Å². The van der Waals surface area contributed by atoms with E-state index in [9.17, 15) is 18.0 Å². The zero-order valence-corrected chi connectivity index (χ0v) is 7.81. The van der Waals surface area contributed by atoms with Gasteiger partial charge in [0.2, 0.25) is 0 Å². The molecule has 1 amide bonds. The van der Waals surface area contributed by atoms with Crippen molar-refractivity contribution in [3.63, 3.8) is 0 Å². The Bertz CT molecular complexity index is 359. The van der Waals surface area contributed by atoms with Gasteiger partial charge in [-0.2, -0.15) is 0 Å². The van der Waals surface area contributed by atoms with Crippen molar-refractivity contribution < 1.29 is 22.8 Å². The maximum absolute atomic E-state index is 12.7. The zero-order chi connectivity index (χ0) is 11.4. The number of hydroxylamine groups is 1. The third-order valence-corrected chi connectivity index (χ3v) is 1.56. The van der Waals surface area contributed by atoms with Crippen LogP contribution in [0, 0.1) is 17.5 Å². The van der Waals surface area contributed by atoms with Crippen LogP contribution in [0.15, 0.2) is 12.1 Å². The third-order valence-electron chi connectivity index (χ3n) is 1.56. The molecule has 0 fully saturated rings. The molecule has 82 valence electrons. The molecule has 1 aromatic rings. The maximum Gasteiger partial charge on any atom is 0.275 e. The van der Waals surface area contributed by atoms with Crippen LogP contribution in [-0.4, -0.2) is 12.5 Å². The molecule has 0 atom stereocenters. The molecule has 0 radical (unpaired) electrons. The Hall–Kier alpha value is -1.56. The highest BCUT2D eigenvalue weighted by atomic mass is 19.2. The van der Waals surface area contributed by atoms with Gasteiger partial charge in [0.1, 0.15) is 0 Å². The molecule has 0 aliphatic carbocycles. The molecule has 1 N–H and O–H groups in total. The normalized spacial score (nSPS) is 10.1. The first kappa shape index (κ1) is 11.5. The largest absolute Gasteiger partial charge is 0.275 e. The quantitative estimate of drug-likeness (QED) is 0.621. The van der Waals surface area contributed by atoms with Gasteiger partial charge < -0.3 is 0 Å². The van der Waals surface area contributed by atoms with Gasteiger partial charge in [-0.05, 0) is 19.1 Å². The second kappa shape index (κ2) is 4.79. The van der Waals surface area contributed by atoms with Gasteiger partial charge in [0, 0.05) is 5.56 Å². The Labute approximate surface area is 83.8 Å². The van der Waals surface area contributed by atoms with Crippen molar-refractivity contribution in [1.82, 2.24) is 5.48 Å². The molecule has 6 heteroatoms. The monoisotopic (exact) mass is 219 g/mol. The topological polar surface area (TPSA) is 38.3 Å². The van der Waals surface area contributed by atoms with Crippen LogP contribution >= 0.6 is 0 Å². The predicted octanol–water partition coefficient (Wildman–Crippen LogP) is 1.79. The molecule has 15 heavy (non-hydrogen) atoms. The summed E-state index contributed by atoms with van der Waals surface area (Å²) in [6.07, 6.45) is 0. The fourth-order valence-electron chi connectivity index (χ4n) is 0.883. The Morgan fingerprint density at radius 3 is 2.33 bits per heavy atom. The van der Waals surface area contributed by atoms with Crippen molar-refractivity contribution >= 4 is 5.91 Å². The van der Waals surface area contributed by atoms with Crippen LogP contribution in [0.4, 0.5) is 13.2 Å². The molecular weight excluding hydrogens is 211 g/mol. The lowest BCUT2D eigenvalue weighted by Crippen LogP contribution is -2.24. The minimum absolute atomic E-state index is 0.206. The summed E-state index contributed by atoms with van der Waals surface area (Å²) in [6.45, 7) is 1.82. The lowest BCUT2D eigenvalue weighted by atomic mass is 10.2. The van der Waals surface area contributed by atoms with E-state index in [1.54, 1.807) is 6.92 Å². The van der Waals surface area contributed by atoms with Gasteiger partial charge in [0.25, 0.3) is 5.91 Å². The van der Waals surface area contributed by atoms with Crippen LogP contribution in [0.2, 0.25) is 0 Å². The molecule has 1 aromatic carbocycles. The molecule has 0 heterocycles. The first-order chi connectivity index (χ1) is 7.06. The summed E-state index contributed by atoms with van der Waals surface area (Å²) < 4.78 is 37.9. The summed E-state index contributed by atoms with van der Waals surface area (Å²) in [6, 6.07) is 1.18. The number of benzene rings is 1. The molecule has 0 saturated heterocycles. The molecule has 0 aliphatic heterocycles. The number of carbonyl (C=O) groups excluding carboxylic acids is 1. The summed E-state index contributed by atoms with van der Waals surface area (Å²) in [5.41, 5.74) is 1.58. The number of halogens is 3. The number of hydrogen-bond acceptors (Lipinski definition) is 2. The van der Waals surface area contributed by atoms with E-state index >= 15 is 0 Å². The molecule has 0 unspecified atom stereocenters. The summed E-state index contributed by atoms with van der Waals surface area (Å²) in [4.78, 5) is 15.6. The fraction of sp³-hybridized carbons (Fsp3) is 0.222. The zero-order valence-electron chi connectivity index (χ0n) is 7.81. The predicted molar refractivity (Wildman–Crippen MR) is 45.4 cm³/mol. The second-order valence-electron chi connectivity index (χ2n) is 2.62. The molecule has 1 rings (SSSR count). The first-order valence-corrected chi connectivity index (χ1v) is 4.13. The number of carbonyl (C=O) groups is 1. The number of rotatable bonds is 3. The standard InChI is InChI=1S/C9H8F3NO2/c1-2-15-13-9(14)5-3-6(10)8(12)7(11)4-5/h3-4H,2H2,1H3,(H,13,14). The van der Waals surface area contributed by atoms with Crippen molar-refractivity contribution in [1.29, 1.82) is 0 Å². The van der Waals surface area contributed by atoms with Crippen LogP contribution in [-0.2, 0) is 4.84 Å². The second-order valence-corrected chi connectivity index (χ2v) is 2.62. The van der Waals surface area contributed by atoms with Crippen LogP contribution in [0.3, 0.4) is 0 Å². The highest BCUT2D eigenvalue weighted by molar-refractivity contribution is 5.93. The highest BCUT2D eigenvalue weighted by Crippen LogP contribution is 2.13. The Kier molecular flexibility index (Phi) is 3.68. The Balaban J connectivity index is 2.91. The lowest BCUT2D eigenvalue weighted by molar-refractivity contribution is 0.0363. The van der Waals surface area contributed by atoms with E-state index in [1.807, 2.05) is 5.48 Å². The smallest absolute Gasteiger partial charge is 0.274 e. The first-order valence-electron chi connectivity index (χ1n) is 4.13. The molecule has 0 saturated carbocycles. The van der Waals surface area contributed by atoms with Crippen LogP contribution < -0.4 is 5.48 Å². The van der Waals surface area contributed by atoms with Gasteiger partial charge in [-0.3, -0.25) is 9.63 Å². The summed E-state index contributed by atoms with van der Waals surface area (Å²) in [7, 11) is 0. The van der Waals surface area contributed by atoms with Crippen molar-refractivity contribution in [2.75, 3.05) is 6.61 Å². The molecule has 3 nitrogen and oxygen atoms in total. The van der Waals surface area contributed by atoms with Crippen molar-refractivity contribution in [2.45, 2.75) is 6.92 Å². The minimum Gasteiger partial charge on any atom is -0.274 e. The van der Waals surface area contributed by atoms with E-state index < -0.39 is 23.4 Å². The Morgan fingerprint density at radius 1 is 1.33 bits per heavy atom. The Morgan fingerprint density at radius 2 is 1.87 bits per heavy atom. The third kappa shape index (κ3) is 2.69. The van der Waals surface area contributed by atoms with E-state index in [0.717, 1.165) is 0 Å². The molecule has 0 aliphatic rings. The fourth-order valence-corrected chi connectivity index (χ4v) is 0.883. The molecule has 0 bridgehead atoms. The summed E-state index contributed by atoms with van der Waals surface area (Å²) >= 11 is 0. The van der Waals surface area contributed by atoms with Crippen molar-refractivity contribution in [3.05, 3.63) is 35.1 Å². The number of hydrogen-bond donors (Lipinski definition) is 1. The molecular formula is C9H8F3NO2. The van der Waals surface area contributed by atoms with Gasteiger partial charge in [-0.1, -0.05) is 0 Å². The number of nitrogens with one attached hydrogen (secondary N) is 1. The van der Waals surface area contributed by atoms with Gasteiger partial charge >= 0.3 is 0 Å². The van der Waals surface area contributed by atoms with E-state index in [2.05, 4.69) is 4.84 Å². The van der Waals surface area contributed by atoms with Gasteiger partial charge in [0.15, 0.2) is 17.5 Å². The van der Waals surface area contributed by atoms with Crippen molar-refractivity contribution in [2.24, 2.45) is 0 Å². The average molecular weight is 219 g/mol. The average Bonchev–Trinajstić information content (AvgIpc) is 2.21. The van der Waals surface area contributed by atoms with Gasteiger partial charge in [-0.15, -0.1) is 0 Å². The van der Waals surface area contributed by atoms with E-state index in [0.29, 0.717) is 12.1 Å². The highest BCUT2D eigenvalue weighted by Gasteiger charge is 2.14. The van der Waals surface area contributed by atoms with E-state index in [-0.39, 0.29) is 12.2 Å². The van der Waals surface area contributed by atoms with E-state index in [1.165, 1.54) is 0 Å². The summed E-state index contributed by atoms with van der Waals surface area (Å²) in [5.74, 6) is -5.29.